The number of amides is 1. The van der Waals surface area contributed by atoms with Crippen LogP contribution in [0.3, 0.4) is 0 Å². The Morgan fingerprint density at radius 3 is 2.40 bits per heavy atom. The molecule has 1 fully saturated rings. The maximum Gasteiger partial charge on any atom is 0.236 e. The lowest BCUT2D eigenvalue weighted by molar-refractivity contribution is -0.133. The maximum absolute atomic E-state index is 13.2. The second-order valence-electron chi connectivity index (χ2n) is 8.19. The van der Waals surface area contributed by atoms with Crippen LogP contribution in [0.25, 0.3) is 0 Å². The van der Waals surface area contributed by atoms with Crippen molar-refractivity contribution in [3.63, 3.8) is 0 Å². The van der Waals surface area contributed by atoms with Crippen molar-refractivity contribution in [2.45, 2.75) is 44.6 Å². The molecule has 2 aliphatic heterocycles. The first-order valence-corrected chi connectivity index (χ1v) is 11.9. The number of carbonyl (C=O) groups excluding carboxylic acids is 1. The highest BCUT2D eigenvalue weighted by atomic mass is 32.1. The summed E-state index contributed by atoms with van der Waals surface area (Å²) in [5, 5.41) is 2.11. The van der Waals surface area contributed by atoms with Gasteiger partial charge in [0.05, 0.1) is 26.8 Å². The van der Waals surface area contributed by atoms with Gasteiger partial charge in [0.1, 0.15) is 0 Å². The van der Waals surface area contributed by atoms with E-state index in [0.717, 1.165) is 50.4 Å². The first-order chi connectivity index (χ1) is 14.7. The number of nitrogens with zero attached hydrogens (tertiary/aromatic N) is 2. The summed E-state index contributed by atoms with van der Waals surface area (Å²) in [6, 6.07) is 8.55. The van der Waals surface area contributed by atoms with E-state index in [4.69, 9.17) is 9.47 Å². The predicted molar refractivity (Wildman–Crippen MR) is 121 cm³/mol. The van der Waals surface area contributed by atoms with Gasteiger partial charge < -0.3 is 14.4 Å². The molecule has 0 aliphatic carbocycles. The van der Waals surface area contributed by atoms with E-state index in [1.807, 2.05) is 0 Å². The van der Waals surface area contributed by atoms with E-state index in [9.17, 15) is 4.79 Å². The van der Waals surface area contributed by atoms with Gasteiger partial charge in [-0.3, -0.25) is 9.69 Å². The number of carbonyl (C=O) groups is 1. The number of hydrogen-bond acceptors (Lipinski definition) is 5. The molecule has 4 rings (SSSR count). The zero-order valence-electron chi connectivity index (χ0n) is 18.1. The van der Waals surface area contributed by atoms with Gasteiger partial charge in [-0.05, 0) is 54.0 Å². The topological polar surface area (TPSA) is 42.0 Å². The average Bonchev–Trinajstić information content (AvgIpc) is 3.26. The van der Waals surface area contributed by atoms with Crippen LogP contribution in [0.1, 0.15) is 54.1 Å². The maximum atomic E-state index is 13.2. The molecule has 5 nitrogen and oxygen atoms in total. The van der Waals surface area contributed by atoms with E-state index < -0.39 is 0 Å². The molecular formula is C24H32N2O3S. The Morgan fingerprint density at radius 1 is 1.03 bits per heavy atom. The molecule has 1 aromatic heterocycles. The molecule has 30 heavy (non-hydrogen) atoms. The molecule has 1 unspecified atom stereocenters. The van der Waals surface area contributed by atoms with Gasteiger partial charge in [0.2, 0.25) is 5.91 Å². The third-order valence-electron chi connectivity index (χ3n) is 6.33. The van der Waals surface area contributed by atoms with Crippen molar-refractivity contribution in [1.29, 1.82) is 0 Å². The Morgan fingerprint density at radius 2 is 1.73 bits per heavy atom. The Bertz CT molecular complexity index is 844. The van der Waals surface area contributed by atoms with E-state index in [1.165, 1.54) is 35.3 Å². The van der Waals surface area contributed by atoms with Crippen LogP contribution in [0.5, 0.6) is 11.5 Å². The summed E-state index contributed by atoms with van der Waals surface area (Å²) >= 11 is 1.75. The quantitative estimate of drug-likeness (QED) is 0.703. The summed E-state index contributed by atoms with van der Waals surface area (Å²) in [6.07, 6.45) is 6.93. The zero-order valence-corrected chi connectivity index (χ0v) is 18.9. The van der Waals surface area contributed by atoms with Gasteiger partial charge in [0.15, 0.2) is 11.5 Å². The van der Waals surface area contributed by atoms with Crippen LogP contribution in [0.15, 0.2) is 29.6 Å². The highest BCUT2D eigenvalue weighted by Crippen LogP contribution is 2.42. The molecule has 0 radical (unpaired) electrons. The van der Waals surface area contributed by atoms with Crippen LogP contribution in [-0.4, -0.2) is 56.1 Å². The lowest BCUT2D eigenvalue weighted by Gasteiger charge is -2.38. The van der Waals surface area contributed by atoms with Crippen LogP contribution in [0.2, 0.25) is 0 Å². The number of likely N-dealkylation sites (tertiary alicyclic amines) is 1. The summed E-state index contributed by atoms with van der Waals surface area (Å²) in [7, 11) is 3.36. The molecule has 162 valence electrons. The molecule has 2 aromatic rings. The SMILES string of the molecule is COc1cc2c(cc1OC)C(c1cccs1)N(CC(=O)N1CCCCCCC1)CC2. The monoisotopic (exact) mass is 428 g/mol. The number of methoxy groups -OCH3 is 2. The fraction of sp³-hybridized carbons (Fsp3) is 0.542. The van der Waals surface area contributed by atoms with Crippen molar-refractivity contribution in [2.75, 3.05) is 40.4 Å². The summed E-state index contributed by atoms with van der Waals surface area (Å²) in [6.45, 7) is 3.14. The third kappa shape index (κ3) is 4.49. The Labute approximate surface area is 183 Å². The first kappa shape index (κ1) is 21.2. The molecule has 2 aliphatic rings. The van der Waals surface area contributed by atoms with Crippen LogP contribution >= 0.6 is 11.3 Å². The van der Waals surface area contributed by atoms with Crippen molar-refractivity contribution in [3.8, 4) is 11.5 Å². The normalized spacial score (nSPS) is 20.2. The van der Waals surface area contributed by atoms with Crippen LogP contribution in [0, 0.1) is 0 Å². The fourth-order valence-corrected chi connectivity index (χ4v) is 5.60. The number of fused-ring (bicyclic) bond motifs is 1. The van der Waals surface area contributed by atoms with Gasteiger partial charge in [0, 0.05) is 24.5 Å². The molecule has 1 aromatic carbocycles. The minimum atomic E-state index is 0.0762. The number of thiophene rings is 1. The van der Waals surface area contributed by atoms with Gasteiger partial charge in [-0.2, -0.15) is 0 Å². The Kier molecular flexibility index (Phi) is 6.95. The van der Waals surface area contributed by atoms with E-state index in [0.29, 0.717) is 6.54 Å². The molecule has 0 N–H and O–H groups in total. The van der Waals surface area contributed by atoms with E-state index >= 15 is 0 Å². The van der Waals surface area contributed by atoms with Crippen LogP contribution in [0.4, 0.5) is 0 Å². The summed E-state index contributed by atoms with van der Waals surface area (Å²) in [5.74, 6) is 1.78. The molecule has 6 heteroatoms. The van der Waals surface area contributed by atoms with Crippen molar-refractivity contribution < 1.29 is 14.3 Å². The standard InChI is InChI=1S/C24H32N2O3S/c1-28-20-15-18-10-13-26(17-23(27)25-11-6-4-3-5-7-12-25)24(22-9-8-14-30-22)19(18)16-21(20)29-2/h8-9,14-16,24H,3-7,10-13,17H2,1-2H3. The number of benzene rings is 1. The van der Waals surface area contributed by atoms with Crippen LogP contribution < -0.4 is 9.47 Å². The molecule has 0 spiro atoms. The lowest BCUT2D eigenvalue weighted by atomic mass is 9.90. The van der Waals surface area contributed by atoms with Gasteiger partial charge in [-0.1, -0.05) is 25.3 Å². The van der Waals surface area contributed by atoms with Gasteiger partial charge in [-0.25, -0.2) is 0 Å². The summed E-state index contributed by atoms with van der Waals surface area (Å²) in [4.78, 5) is 18.9. The van der Waals surface area contributed by atoms with Crippen molar-refractivity contribution in [1.82, 2.24) is 9.80 Å². The molecule has 1 atom stereocenters. The minimum Gasteiger partial charge on any atom is -0.493 e. The second-order valence-corrected chi connectivity index (χ2v) is 9.17. The molecule has 3 heterocycles. The van der Waals surface area contributed by atoms with Crippen molar-refractivity contribution in [3.05, 3.63) is 45.6 Å². The molecule has 1 amide bonds. The summed E-state index contributed by atoms with van der Waals surface area (Å²) < 4.78 is 11.1. The Balaban J connectivity index is 1.61. The summed E-state index contributed by atoms with van der Waals surface area (Å²) in [5.41, 5.74) is 2.50. The predicted octanol–water partition coefficient (Wildman–Crippen LogP) is 4.51. The molecule has 1 saturated heterocycles. The average molecular weight is 429 g/mol. The first-order valence-electron chi connectivity index (χ1n) is 11.0. The fourth-order valence-electron chi connectivity index (χ4n) is 4.72. The highest BCUT2D eigenvalue weighted by molar-refractivity contribution is 7.10. The second kappa shape index (κ2) is 9.84. The third-order valence-corrected chi connectivity index (χ3v) is 7.26. The zero-order chi connectivity index (χ0) is 20.9. The van der Waals surface area contributed by atoms with Gasteiger partial charge >= 0.3 is 0 Å². The molecular weight excluding hydrogens is 396 g/mol. The van der Waals surface area contributed by atoms with Crippen molar-refractivity contribution in [2.24, 2.45) is 0 Å². The van der Waals surface area contributed by atoms with E-state index in [2.05, 4.69) is 39.4 Å². The van der Waals surface area contributed by atoms with Gasteiger partial charge in [0.25, 0.3) is 0 Å². The Hall–Kier alpha value is -2.05. The van der Waals surface area contributed by atoms with Gasteiger partial charge in [-0.15, -0.1) is 11.3 Å². The number of rotatable bonds is 5. The number of hydrogen-bond donors (Lipinski definition) is 0. The lowest BCUT2D eigenvalue weighted by Crippen LogP contribution is -2.45. The van der Waals surface area contributed by atoms with Crippen molar-refractivity contribution >= 4 is 17.2 Å². The largest absolute Gasteiger partial charge is 0.493 e. The highest BCUT2D eigenvalue weighted by Gasteiger charge is 2.33. The van der Waals surface area contributed by atoms with Crippen LogP contribution in [-0.2, 0) is 11.2 Å². The molecule has 0 saturated carbocycles. The van der Waals surface area contributed by atoms with E-state index in [-0.39, 0.29) is 11.9 Å². The number of ether oxygens (including phenoxy) is 2. The minimum absolute atomic E-state index is 0.0762. The van der Waals surface area contributed by atoms with E-state index in [1.54, 1.807) is 25.6 Å². The smallest absolute Gasteiger partial charge is 0.236 e. The molecule has 0 bridgehead atoms.